The zero-order valence-corrected chi connectivity index (χ0v) is 29.0. The molecular formula is C46H25N9. The highest BCUT2D eigenvalue weighted by Gasteiger charge is 2.22. The van der Waals surface area contributed by atoms with Crippen LogP contribution >= 0.6 is 0 Å². The Bertz CT molecular complexity index is 3520. The Kier molecular flexibility index (Phi) is 6.15. The average molecular weight is 704 g/mol. The molecular weight excluding hydrogens is 679 g/mol. The van der Waals surface area contributed by atoms with Crippen LogP contribution in [0.4, 0.5) is 0 Å². The molecule has 9 heteroatoms. The van der Waals surface area contributed by atoms with Gasteiger partial charge in [0.1, 0.15) is 11.2 Å². The van der Waals surface area contributed by atoms with E-state index in [9.17, 15) is 0 Å². The van der Waals surface area contributed by atoms with E-state index in [1.165, 1.54) is 0 Å². The van der Waals surface area contributed by atoms with E-state index in [0.717, 1.165) is 104 Å². The van der Waals surface area contributed by atoms with Gasteiger partial charge in [-0.1, -0.05) is 54.6 Å². The summed E-state index contributed by atoms with van der Waals surface area (Å²) in [5.74, 6) is 1.27. The molecule has 0 aliphatic heterocycles. The van der Waals surface area contributed by atoms with Gasteiger partial charge in [-0.25, -0.2) is 19.9 Å². The van der Waals surface area contributed by atoms with Crippen molar-refractivity contribution < 1.29 is 0 Å². The minimum Gasteiger partial charge on any atom is -0.277 e. The summed E-state index contributed by atoms with van der Waals surface area (Å²) in [5, 5.41) is 7.81. The van der Waals surface area contributed by atoms with Crippen molar-refractivity contribution in [3.63, 3.8) is 0 Å². The first-order valence-electron chi connectivity index (χ1n) is 18.0. The second-order valence-corrected chi connectivity index (χ2v) is 13.6. The summed E-state index contributed by atoms with van der Waals surface area (Å²) >= 11 is 0. The van der Waals surface area contributed by atoms with Gasteiger partial charge in [0.2, 0.25) is 0 Å². The second kappa shape index (κ2) is 11.4. The van der Waals surface area contributed by atoms with Crippen molar-refractivity contribution in [1.29, 1.82) is 0 Å². The van der Waals surface area contributed by atoms with E-state index in [0.29, 0.717) is 11.6 Å². The van der Waals surface area contributed by atoms with Crippen molar-refractivity contribution >= 4 is 87.4 Å². The van der Waals surface area contributed by atoms with Crippen LogP contribution in [0.3, 0.4) is 0 Å². The molecule has 0 fully saturated rings. The van der Waals surface area contributed by atoms with Crippen LogP contribution in [0.5, 0.6) is 0 Å². The number of benzene rings is 4. The quantitative estimate of drug-likeness (QED) is 0.167. The molecule has 0 aliphatic carbocycles. The largest absolute Gasteiger partial charge is 0.277 e. The molecule has 0 aliphatic rings. The Balaban J connectivity index is 1.22. The van der Waals surface area contributed by atoms with Crippen molar-refractivity contribution in [2.24, 2.45) is 0 Å². The van der Waals surface area contributed by atoms with Gasteiger partial charge in [0.15, 0.2) is 11.6 Å². The molecule has 8 heterocycles. The number of pyridine rings is 6. The number of nitrogens with zero attached hydrogens (tertiary/aromatic N) is 9. The van der Waals surface area contributed by atoms with Gasteiger partial charge in [-0.3, -0.25) is 24.5 Å². The SMILES string of the molecule is c1cnc2c(c1)cc(-c1ccc3ccc4c(-n5c6ccccc6c6cccnc65)nc(-c5cc6cccnc6c6ncccc56)nc4c3n1)c1cccnc12. The smallest absolute Gasteiger partial charge is 0.162 e. The first kappa shape index (κ1) is 29.8. The maximum atomic E-state index is 5.45. The van der Waals surface area contributed by atoms with E-state index in [1.54, 1.807) is 12.4 Å². The molecule has 4 aromatic carbocycles. The average Bonchev–Trinajstić information content (AvgIpc) is 3.59. The zero-order valence-electron chi connectivity index (χ0n) is 29.0. The Morgan fingerprint density at radius 1 is 0.364 bits per heavy atom. The molecule has 0 saturated carbocycles. The van der Waals surface area contributed by atoms with Crippen LogP contribution < -0.4 is 0 Å². The van der Waals surface area contributed by atoms with E-state index in [-0.39, 0.29) is 0 Å². The van der Waals surface area contributed by atoms with Gasteiger partial charge in [-0.2, -0.15) is 0 Å². The Hall–Kier alpha value is -7.78. The van der Waals surface area contributed by atoms with Crippen molar-refractivity contribution in [1.82, 2.24) is 44.4 Å². The van der Waals surface area contributed by atoms with Gasteiger partial charge in [-0.05, 0) is 66.7 Å². The van der Waals surface area contributed by atoms with Crippen molar-refractivity contribution in [2.75, 3.05) is 0 Å². The van der Waals surface area contributed by atoms with E-state index in [1.807, 2.05) is 48.9 Å². The molecule has 0 amide bonds. The molecule has 0 saturated heterocycles. The predicted octanol–water partition coefficient (Wildman–Crippen LogP) is 10.2. The van der Waals surface area contributed by atoms with Crippen LogP contribution in [0.15, 0.2) is 152 Å². The lowest BCUT2D eigenvalue weighted by molar-refractivity contribution is 1.06. The fourth-order valence-corrected chi connectivity index (χ4v) is 8.16. The van der Waals surface area contributed by atoms with E-state index in [4.69, 9.17) is 34.9 Å². The van der Waals surface area contributed by atoms with Gasteiger partial charge in [0.05, 0.1) is 38.8 Å². The topological polar surface area (TPSA) is 108 Å². The number of hydrogen-bond donors (Lipinski definition) is 0. The van der Waals surface area contributed by atoms with Gasteiger partial charge >= 0.3 is 0 Å². The predicted molar refractivity (Wildman–Crippen MR) is 219 cm³/mol. The third-order valence-electron chi connectivity index (χ3n) is 10.6. The number of fused-ring (bicyclic) bond motifs is 12. The number of rotatable bonds is 3. The molecule has 9 nitrogen and oxygen atoms in total. The van der Waals surface area contributed by atoms with Gasteiger partial charge in [-0.15, -0.1) is 0 Å². The molecule has 0 N–H and O–H groups in total. The van der Waals surface area contributed by atoms with Crippen LogP contribution in [0.1, 0.15) is 0 Å². The standard InChI is InChI=1S/C46H25N9/c1-2-14-37-29(10-1)32-13-7-23-51-45(32)55(37)46-33-17-15-26-16-18-36(34-24-27-8-3-19-47-38(27)41-30(34)11-5-21-49-41)52-40(26)43(33)53-44(54-46)35-25-28-9-4-20-48-39(28)42-31(35)12-6-22-50-42/h1-25H. The fourth-order valence-electron chi connectivity index (χ4n) is 8.16. The summed E-state index contributed by atoms with van der Waals surface area (Å²) in [6, 6.07) is 41.2. The summed E-state index contributed by atoms with van der Waals surface area (Å²) in [6.45, 7) is 0. The monoisotopic (exact) mass is 703 g/mol. The summed E-state index contributed by atoms with van der Waals surface area (Å²) in [7, 11) is 0. The Labute approximate surface area is 311 Å². The second-order valence-electron chi connectivity index (χ2n) is 13.6. The molecule has 0 atom stereocenters. The van der Waals surface area contributed by atoms with Crippen molar-refractivity contribution in [3.8, 4) is 28.5 Å². The third kappa shape index (κ3) is 4.35. The van der Waals surface area contributed by atoms with Gasteiger partial charge in [0.25, 0.3) is 0 Å². The molecule has 12 aromatic rings. The molecule has 12 rings (SSSR count). The highest BCUT2D eigenvalue weighted by molar-refractivity contribution is 6.14. The fraction of sp³-hybridized carbons (Fsp3) is 0. The van der Waals surface area contributed by atoms with Crippen molar-refractivity contribution in [3.05, 3.63) is 152 Å². The zero-order chi connectivity index (χ0) is 36.0. The first-order chi connectivity index (χ1) is 27.3. The molecule has 254 valence electrons. The summed E-state index contributed by atoms with van der Waals surface area (Å²) in [4.78, 5) is 40.2. The molecule has 0 spiro atoms. The highest BCUT2D eigenvalue weighted by Crippen LogP contribution is 2.39. The van der Waals surface area contributed by atoms with Crippen LogP contribution in [0, 0.1) is 0 Å². The minimum absolute atomic E-state index is 0.555. The van der Waals surface area contributed by atoms with Crippen LogP contribution in [-0.4, -0.2) is 44.4 Å². The molecule has 0 radical (unpaired) electrons. The normalized spacial score (nSPS) is 12.0. The van der Waals surface area contributed by atoms with Crippen LogP contribution in [0.25, 0.3) is 116 Å². The van der Waals surface area contributed by atoms with Crippen LogP contribution in [-0.2, 0) is 0 Å². The van der Waals surface area contributed by atoms with Crippen LogP contribution in [0.2, 0.25) is 0 Å². The lowest BCUT2D eigenvalue weighted by Crippen LogP contribution is -2.04. The minimum atomic E-state index is 0.555. The van der Waals surface area contributed by atoms with E-state index < -0.39 is 0 Å². The highest BCUT2D eigenvalue weighted by atomic mass is 15.1. The summed E-state index contributed by atoms with van der Waals surface area (Å²) in [6.07, 6.45) is 9.06. The van der Waals surface area contributed by atoms with E-state index >= 15 is 0 Å². The third-order valence-corrected chi connectivity index (χ3v) is 10.6. The molecule has 8 aromatic heterocycles. The van der Waals surface area contributed by atoms with E-state index in [2.05, 4.69) is 101 Å². The van der Waals surface area contributed by atoms with Gasteiger partial charge in [0, 0.05) is 85.2 Å². The van der Waals surface area contributed by atoms with Gasteiger partial charge < -0.3 is 0 Å². The number of para-hydroxylation sites is 1. The Morgan fingerprint density at radius 2 is 0.964 bits per heavy atom. The maximum Gasteiger partial charge on any atom is 0.162 e. The maximum absolute atomic E-state index is 5.45. The summed E-state index contributed by atoms with van der Waals surface area (Å²) in [5.41, 5.74) is 9.29. The molecule has 55 heavy (non-hydrogen) atoms. The molecule has 0 bridgehead atoms. The Morgan fingerprint density at radius 3 is 1.73 bits per heavy atom. The number of aromatic nitrogens is 9. The molecule has 0 unspecified atom stereocenters. The van der Waals surface area contributed by atoms with Crippen molar-refractivity contribution in [2.45, 2.75) is 0 Å². The lowest BCUT2D eigenvalue weighted by atomic mass is 10.00. The number of hydrogen-bond acceptors (Lipinski definition) is 8. The lowest BCUT2D eigenvalue weighted by Gasteiger charge is -2.15. The summed E-state index contributed by atoms with van der Waals surface area (Å²) < 4.78 is 2.16. The first-order valence-corrected chi connectivity index (χ1v) is 18.0.